The van der Waals surface area contributed by atoms with E-state index >= 15 is 0 Å². The van der Waals surface area contributed by atoms with Gasteiger partial charge in [-0.3, -0.25) is 0 Å². The molecular formula is C15H21NO3. The molecule has 0 atom stereocenters. The van der Waals surface area contributed by atoms with Gasteiger partial charge in [-0.05, 0) is 43.5 Å². The summed E-state index contributed by atoms with van der Waals surface area (Å²) in [5.74, 6) is -0.904. The summed E-state index contributed by atoms with van der Waals surface area (Å²) in [5.41, 5.74) is 1.71. The average Bonchev–Trinajstić information content (AvgIpc) is 2.39. The van der Waals surface area contributed by atoms with Crippen LogP contribution in [0.2, 0.25) is 0 Å². The number of aryl methyl sites for hydroxylation is 1. The first-order chi connectivity index (χ1) is 9.06. The van der Waals surface area contributed by atoms with Crippen molar-refractivity contribution in [2.24, 2.45) is 0 Å². The third-order valence-corrected chi connectivity index (χ3v) is 3.98. The summed E-state index contributed by atoms with van der Waals surface area (Å²) in [6, 6.07) is 5.24. The van der Waals surface area contributed by atoms with Crippen molar-refractivity contribution in [1.82, 2.24) is 0 Å². The van der Waals surface area contributed by atoms with Crippen molar-refractivity contribution >= 4 is 11.7 Å². The third-order valence-electron chi connectivity index (χ3n) is 3.98. The van der Waals surface area contributed by atoms with Gasteiger partial charge < -0.3 is 15.5 Å². The minimum absolute atomic E-state index is 0.118. The van der Waals surface area contributed by atoms with Gasteiger partial charge >= 0.3 is 5.97 Å². The monoisotopic (exact) mass is 263 g/mol. The van der Waals surface area contributed by atoms with Crippen LogP contribution in [0.3, 0.4) is 0 Å². The lowest BCUT2D eigenvalue weighted by Gasteiger charge is -2.37. The fourth-order valence-electron chi connectivity index (χ4n) is 2.84. The molecule has 1 aromatic rings. The lowest BCUT2D eigenvalue weighted by molar-refractivity contribution is 0.0696. The minimum Gasteiger partial charge on any atom is -0.478 e. The summed E-state index contributed by atoms with van der Waals surface area (Å²) in [7, 11) is 0. The lowest BCUT2D eigenvalue weighted by atomic mass is 9.82. The van der Waals surface area contributed by atoms with E-state index in [4.69, 9.17) is 5.11 Å². The summed E-state index contributed by atoms with van der Waals surface area (Å²) < 4.78 is 0. The van der Waals surface area contributed by atoms with E-state index < -0.39 is 5.97 Å². The largest absolute Gasteiger partial charge is 0.478 e. The molecular weight excluding hydrogens is 242 g/mol. The number of carbonyl (C=O) groups is 1. The molecule has 0 aliphatic heterocycles. The maximum Gasteiger partial charge on any atom is 0.335 e. The summed E-state index contributed by atoms with van der Waals surface area (Å²) in [4.78, 5) is 11.0. The first-order valence-electron chi connectivity index (χ1n) is 6.79. The minimum atomic E-state index is -0.904. The molecule has 0 heterocycles. The normalized spacial score (nSPS) is 18.0. The molecule has 0 saturated heterocycles. The maximum absolute atomic E-state index is 11.0. The molecule has 0 aromatic heterocycles. The zero-order chi connectivity index (χ0) is 13.9. The van der Waals surface area contributed by atoms with E-state index in [0.717, 1.165) is 36.9 Å². The summed E-state index contributed by atoms with van der Waals surface area (Å²) in [6.07, 6.45) is 5.40. The Morgan fingerprint density at radius 2 is 2.00 bits per heavy atom. The van der Waals surface area contributed by atoms with Gasteiger partial charge in [0.1, 0.15) is 0 Å². The van der Waals surface area contributed by atoms with Gasteiger partial charge in [0.15, 0.2) is 0 Å². The second-order valence-corrected chi connectivity index (χ2v) is 5.46. The molecule has 104 valence electrons. The van der Waals surface area contributed by atoms with Gasteiger partial charge in [0, 0.05) is 5.69 Å². The number of hydrogen-bond donors (Lipinski definition) is 3. The Hall–Kier alpha value is -1.55. The Balaban J connectivity index is 2.18. The van der Waals surface area contributed by atoms with Gasteiger partial charge in [0.25, 0.3) is 0 Å². The molecule has 1 aliphatic rings. The predicted molar refractivity (Wildman–Crippen MR) is 74.7 cm³/mol. The van der Waals surface area contributed by atoms with Crippen LogP contribution in [-0.4, -0.2) is 28.3 Å². The van der Waals surface area contributed by atoms with Crippen LogP contribution >= 0.6 is 0 Å². The van der Waals surface area contributed by atoms with Crippen LogP contribution in [-0.2, 0) is 0 Å². The Kier molecular flexibility index (Phi) is 4.10. The second kappa shape index (κ2) is 5.61. The van der Waals surface area contributed by atoms with Crippen LogP contribution in [0.5, 0.6) is 0 Å². The van der Waals surface area contributed by atoms with Gasteiger partial charge in [-0.25, -0.2) is 4.79 Å². The van der Waals surface area contributed by atoms with E-state index in [9.17, 15) is 9.90 Å². The van der Waals surface area contributed by atoms with Gasteiger partial charge in [-0.2, -0.15) is 0 Å². The molecule has 0 bridgehead atoms. The Labute approximate surface area is 113 Å². The number of carboxylic acids is 1. The quantitative estimate of drug-likeness (QED) is 0.781. The molecule has 2 rings (SSSR count). The van der Waals surface area contributed by atoms with Crippen molar-refractivity contribution in [3.63, 3.8) is 0 Å². The van der Waals surface area contributed by atoms with Crippen molar-refractivity contribution in [3.05, 3.63) is 29.3 Å². The van der Waals surface area contributed by atoms with Crippen molar-refractivity contribution in [2.45, 2.75) is 44.6 Å². The average molecular weight is 263 g/mol. The maximum atomic E-state index is 11.0. The third kappa shape index (κ3) is 3.07. The molecule has 1 aliphatic carbocycles. The molecule has 1 aromatic carbocycles. The summed E-state index contributed by atoms with van der Waals surface area (Å²) in [5, 5.41) is 22.1. The number of rotatable bonds is 4. The zero-order valence-corrected chi connectivity index (χ0v) is 11.3. The molecule has 0 amide bonds. The van der Waals surface area contributed by atoms with Crippen LogP contribution in [0.25, 0.3) is 0 Å². The highest BCUT2D eigenvalue weighted by Crippen LogP contribution is 2.31. The van der Waals surface area contributed by atoms with Crippen molar-refractivity contribution < 1.29 is 15.0 Å². The van der Waals surface area contributed by atoms with Crippen molar-refractivity contribution in [1.29, 1.82) is 0 Å². The first kappa shape index (κ1) is 13.9. The van der Waals surface area contributed by atoms with E-state index in [-0.39, 0.29) is 12.1 Å². The van der Waals surface area contributed by atoms with E-state index in [1.165, 1.54) is 6.42 Å². The van der Waals surface area contributed by atoms with E-state index in [0.29, 0.717) is 5.56 Å². The zero-order valence-electron chi connectivity index (χ0n) is 11.3. The number of anilines is 1. The number of benzene rings is 1. The molecule has 1 fully saturated rings. The molecule has 3 N–H and O–H groups in total. The fraction of sp³-hybridized carbons (Fsp3) is 0.533. The molecule has 1 saturated carbocycles. The highest BCUT2D eigenvalue weighted by molar-refractivity contribution is 5.89. The van der Waals surface area contributed by atoms with E-state index in [2.05, 4.69) is 5.32 Å². The van der Waals surface area contributed by atoms with Crippen LogP contribution in [0.1, 0.15) is 48.0 Å². The molecule has 4 nitrogen and oxygen atoms in total. The number of carboxylic acid groups (broad SMARTS) is 1. The Morgan fingerprint density at radius 3 is 2.53 bits per heavy atom. The lowest BCUT2D eigenvalue weighted by Crippen LogP contribution is -2.43. The predicted octanol–water partition coefficient (Wildman–Crippen LogP) is 2.80. The molecule has 19 heavy (non-hydrogen) atoms. The number of aliphatic hydroxyl groups is 1. The topological polar surface area (TPSA) is 69.6 Å². The van der Waals surface area contributed by atoms with Crippen LogP contribution in [0.15, 0.2) is 18.2 Å². The summed E-state index contributed by atoms with van der Waals surface area (Å²) in [6.45, 7) is 1.91. The second-order valence-electron chi connectivity index (χ2n) is 5.46. The summed E-state index contributed by atoms with van der Waals surface area (Å²) >= 11 is 0. The fourth-order valence-corrected chi connectivity index (χ4v) is 2.84. The Morgan fingerprint density at radius 1 is 1.32 bits per heavy atom. The first-order valence-corrected chi connectivity index (χ1v) is 6.79. The van der Waals surface area contributed by atoms with E-state index in [1.807, 2.05) is 6.07 Å². The molecule has 0 spiro atoms. The SMILES string of the molecule is Cc1cc(NC2(CO)CCCCC2)ccc1C(=O)O. The van der Waals surface area contributed by atoms with Crippen LogP contribution in [0, 0.1) is 6.92 Å². The van der Waals surface area contributed by atoms with Gasteiger partial charge in [-0.15, -0.1) is 0 Å². The van der Waals surface area contributed by atoms with Crippen molar-refractivity contribution in [3.8, 4) is 0 Å². The number of hydrogen-bond acceptors (Lipinski definition) is 3. The van der Waals surface area contributed by atoms with Gasteiger partial charge in [0.05, 0.1) is 17.7 Å². The number of nitrogens with one attached hydrogen (secondary N) is 1. The molecule has 4 heteroatoms. The molecule has 0 radical (unpaired) electrons. The van der Waals surface area contributed by atoms with Gasteiger partial charge in [0.2, 0.25) is 0 Å². The highest BCUT2D eigenvalue weighted by atomic mass is 16.4. The highest BCUT2D eigenvalue weighted by Gasteiger charge is 2.31. The van der Waals surface area contributed by atoms with Crippen molar-refractivity contribution in [2.75, 3.05) is 11.9 Å². The number of aliphatic hydroxyl groups excluding tert-OH is 1. The van der Waals surface area contributed by atoms with E-state index in [1.54, 1.807) is 19.1 Å². The van der Waals surface area contributed by atoms with Crippen LogP contribution < -0.4 is 5.32 Å². The Bertz CT molecular complexity index is 464. The van der Waals surface area contributed by atoms with Gasteiger partial charge in [-0.1, -0.05) is 19.3 Å². The number of aromatic carboxylic acids is 1. The standard InChI is InChI=1S/C15H21NO3/c1-11-9-12(5-6-13(11)14(18)19)16-15(10-17)7-3-2-4-8-15/h5-6,9,16-17H,2-4,7-8,10H2,1H3,(H,18,19). The van der Waals surface area contributed by atoms with Crippen LogP contribution in [0.4, 0.5) is 5.69 Å². The molecule has 0 unspecified atom stereocenters. The smallest absolute Gasteiger partial charge is 0.335 e.